The van der Waals surface area contributed by atoms with Crippen LogP contribution in [0.4, 0.5) is 0 Å². The van der Waals surface area contributed by atoms with Crippen molar-refractivity contribution in [2.24, 2.45) is 7.05 Å². The van der Waals surface area contributed by atoms with Crippen LogP contribution in [0.3, 0.4) is 0 Å². The minimum Gasteiger partial charge on any atom is -0.494 e. The number of carbonyl (C=O) groups is 2. The molecule has 9 nitrogen and oxygen atoms in total. The Balaban J connectivity index is 1.47. The van der Waals surface area contributed by atoms with Crippen molar-refractivity contribution in [1.82, 2.24) is 20.1 Å². The average molecular weight is 426 g/mol. The Kier molecular flexibility index (Phi) is 7.07. The monoisotopic (exact) mass is 426 g/mol. The number of rotatable bonds is 9. The molecule has 0 atom stereocenters. The highest BCUT2D eigenvalue weighted by Gasteiger charge is 2.19. The lowest BCUT2D eigenvalue weighted by Crippen LogP contribution is -2.32. The molecule has 3 rings (SSSR count). The van der Waals surface area contributed by atoms with Gasteiger partial charge in [0.2, 0.25) is 0 Å². The van der Waals surface area contributed by atoms with Crippen molar-refractivity contribution < 1.29 is 23.8 Å². The number of aromatic nitrogens is 3. The van der Waals surface area contributed by atoms with E-state index in [4.69, 9.17) is 14.2 Å². The summed E-state index contributed by atoms with van der Waals surface area (Å²) in [6.45, 7) is 6.29. The van der Waals surface area contributed by atoms with Crippen molar-refractivity contribution >= 4 is 22.9 Å². The molecule has 1 amide bonds. The van der Waals surface area contributed by atoms with Gasteiger partial charge < -0.3 is 19.5 Å². The summed E-state index contributed by atoms with van der Waals surface area (Å²) < 4.78 is 17.8. The fourth-order valence-electron chi connectivity index (χ4n) is 3.15. The largest absolute Gasteiger partial charge is 0.494 e. The van der Waals surface area contributed by atoms with E-state index in [0.29, 0.717) is 40.3 Å². The normalized spacial score (nSPS) is 10.7. The van der Waals surface area contributed by atoms with Crippen molar-refractivity contribution in [2.45, 2.75) is 20.8 Å². The molecule has 2 aromatic heterocycles. The van der Waals surface area contributed by atoms with Crippen LogP contribution in [0.25, 0.3) is 11.0 Å². The Hall–Kier alpha value is -3.62. The number of amides is 1. The molecule has 31 heavy (non-hydrogen) atoms. The number of pyridine rings is 1. The molecule has 1 N–H and O–H groups in total. The summed E-state index contributed by atoms with van der Waals surface area (Å²) >= 11 is 0. The van der Waals surface area contributed by atoms with E-state index in [2.05, 4.69) is 15.4 Å². The molecule has 2 heterocycles. The lowest BCUT2D eigenvalue weighted by atomic mass is 10.1. The summed E-state index contributed by atoms with van der Waals surface area (Å²) in [4.78, 5) is 29.0. The van der Waals surface area contributed by atoms with Crippen LogP contribution in [0.5, 0.6) is 11.5 Å². The third-order valence-corrected chi connectivity index (χ3v) is 4.48. The van der Waals surface area contributed by atoms with E-state index in [1.165, 1.54) is 0 Å². The number of fused-ring (bicyclic) bond motifs is 1. The molecule has 164 valence electrons. The fraction of sp³-hybridized carbons (Fsp3) is 0.364. The zero-order valence-corrected chi connectivity index (χ0v) is 18.1. The van der Waals surface area contributed by atoms with Crippen molar-refractivity contribution in [3.05, 3.63) is 47.3 Å². The summed E-state index contributed by atoms with van der Waals surface area (Å²) in [5.41, 5.74) is 2.28. The number of aryl methyl sites for hydroxylation is 3. The van der Waals surface area contributed by atoms with Gasteiger partial charge in [0.15, 0.2) is 12.3 Å². The van der Waals surface area contributed by atoms with Crippen LogP contribution in [-0.2, 0) is 16.6 Å². The summed E-state index contributed by atoms with van der Waals surface area (Å²) in [6.07, 6.45) is 0. The van der Waals surface area contributed by atoms with Crippen LogP contribution < -0.4 is 14.8 Å². The molecule has 0 radical (unpaired) electrons. The van der Waals surface area contributed by atoms with Gasteiger partial charge in [-0.25, -0.2) is 9.78 Å². The second-order valence-electron chi connectivity index (χ2n) is 6.90. The molecule has 0 bridgehead atoms. The van der Waals surface area contributed by atoms with Gasteiger partial charge in [0.25, 0.3) is 5.91 Å². The first-order valence-corrected chi connectivity index (χ1v) is 9.99. The molecule has 0 saturated heterocycles. The number of carbonyl (C=O) groups excluding carboxylic acids is 2. The zero-order valence-electron chi connectivity index (χ0n) is 18.1. The molecule has 0 unspecified atom stereocenters. The second-order valence-corrected chi connectivity index (χ2v) is 6.90. The molecule has 9 heteroatoms. The predicted octanol–water partition coefficient (Wildman–Crippen LogP) is 2.34. The quantitative estimate of drug-likeness (QED) is 0.414. The van der Waals surface area contributed by atoms with Crippen LogP contribution in [0.1, 0.15) is 28.7 Å². The molecular formula is C22H26N4O5. The Morgan fingerprint density at radius 1 is 1.10 bits per heavy atom. The standard InChI is InChI=1S/C22H26N4O5/c1-5-29-16-6-8-17(9-7-16)30-11-10-23-19(27)13-31-22(28)18-12-14(2)24-21-20(18)15(3)25-26(21)4/h6-9,12H,5,10-11,13H2,1-4H3,(H,23,27). The SMILES string of the molecule is CCOc1ccc(OCCNC(=O)COC(=O)c2cc(C)nc3c2c(C)nn3C)cc1. The highest BCUT2D eigenvalue weighted by Crippen LogP contribution is 2.22. The first-order chi connectivity index (χ1) is 14.9. The number of esters is 1. The maximum absolute atomic E-state index is 12.6. The van der Waals surface area contributed by atoms with Gasteiger partial charge in [0.1, 0.15) is 18.1 Å². The minimum atomic E-state index is -0.590. The molecule has 1 aromatic carbocycles. The van der Waals surface area contributed by atoms with Gasteiger partial charge in [0, 0.05) is 12.7 Å². The van der Waals surface area contributed by atoms with E-state index in [-0.39, 0.29) is 19.8 Å². The van der Waals surface area contributed by atoms with Gasteiger partial charge in [-0.3, -0.25) is 9.48 Å². The van der Waals surface area contributed by atoms with E-state index in [9.17, 15) is 9.59 Å². The Morgan fingerprint density at radius 2 is 1.77 bits per heavy atom. The minimum absolute atomic E-state index is 0.282. The summed E-state index contributed by atoms with van der Waals surface area (Å²) in [5.74, 6) is 0.446. The maximum atomic E-state index is 12.6. The topological polar surface area (TPSA) is 105 Å². The third-order valence-electron chi connectivity index (χ3n) is 4.48. The van der Waals surface area contributed by atoms with Gasteiger partial charge in [-0.05, 0) is 51.1 Å². The molecule has 0 aliphatic rings. The lowest BCUT2D eigenvalue weighted by molar-refractivity contribution is -0.124. The van der Waals surface area contributed by atoms with Gasteiger partial charge in [0.05, 0.1) is 29.8 Å². The first kappa shape index (κ1) is 22.1. The maximum Gasteiger partial charge on any atom is 0.339 e. The molecular weight excluding hydrogens is 400 g/mol. The number of hydrogen-bond donors (Lipinski definition) is 1. The lowest BCUT2D eigenvalue weighted by Gasteiger charge is -2.10. The van der Waals surface area contributed by atoms with E-state index >= 15 is 0 Å². The highest BCUT2D eigenvalue weighted by atomic mass is 16.5. The molecule has 0 spiro atoms. The van der Waals surface area contributed by atoms with E-state index in [1.54, 1.807) is 43.8 Å². The second kappa shape index (κ2) is 9.92. The van der Waals surface area contributed by atoms with Crippen LogP contribution >= 0.6 is 0 Å². The first-order valence-electron chi connectivity index (χ1n) is 9.99. The number of nitrogens with zero attached hydrogens (tertiary/aromatic N) is 3. The summed E-state index contributed by atoms with van der Waals surface area (Å²) in [6, 6.07) is 8.87. The number of hydrogen-bond acceptors (Lipinski definition) is 7. The van der Waals surface area contributed by atoms with Crippen molar-refractivity contribution in [1.29, 1.82) is 0 Å². The third kappa shape index (κ3) is 5.50. The number of benzene rings is 1. The molecule has 0 fully saturated rings. The predicted molar refractivity (Wildman–Crippen MR) is 114 cm³/mol. The zero-order chi connectivity index (χ0) is 22.4. The summed E-state index contributed by atoms with van der Waals surface area (Å²) in [5, 5.41) is 7.59. The number of ether oxygens (including phenoxy) is 3. The van der Waals surface area contributed by atoms with Gasteiger partial charge >= 0.3 is 5.97 Å². The Labute approximate surface area is 180 Å². The van der Waals surface area contributed by atoms with Crippen LogP contribution in [0.15, 0.2) is 30.3 Å². The van der Waals surface area contributed by atoms with Crippen LogP contribution in [0.2, 0.25) is 0 Å². The number of nitrogens with one attached hydrogen (secondary N) is 1. The van der Waals surface area contributed by atoms with E-state index in [0.717, 1.165) is 5.75 Å². The highest BCUT2D eigenvalue weighted by molar-refractivity contribution is 6.04. The van der Waals surface area contributed by atoms with E-state index < -0.39 is 11.9 Å². The van der Waals surface area contributed by atoms with Gasteiger partial charge in [-0.2, -0.15) is 5.10 Å². The fourth-order valence-corrected chi connectivity index (χ4v) is 3.15. The van der Waals surface area contributed by atoms with Gasteiger partial charge in [-0.15, -0.1) is 0 Å². The Morgan fingerprint density at radius 3 is 2.45 bits per heavy atom. The van der Waals surface area contributed by atoms with Crippen molar-refractivity contribution in [2.75, 3.05) is 26.4 Å². The van der Waals surface area contributed by atoms with Gasteiger partial charge in [-0.1, -0.05) is 0 Å². The van der Waals surface area contributed by atoms with Crippen LogP contribution in [-0.4, -0.2) is 53.0 Å². The molecule has 0 aliphatic carbocycles. The molecule has 0 aliphatic heterocycles. The van der Waals surface area contributed by atoms with Crippen molar-refractivity contribution in [3.8, 4) is 11.5 Å². The van der Waals surface area contributed by atoms with Crippen LogP contribution in [0, 0.1) is 13.8 Å². The summed E-state index contributed by atoms with van der Waals surface area (Å²) in [7, 11) is 1.76. The van der Waals surface area contributed by atoms with Crippen molar-refractivity contribution in [3.63, 3.8) is 0 Å². The molecule has 3 aromatic rings. The smallest absolute Gasteiger partial charge is 0.339 e. The Bertz CT molecular complexity index is 1080. The molecule has 0 saturated carbocycles. The van der Waals surface area contributed by atoms with E-state index in [1.807, 2.05) is 19.1 Å². The average Bonchev–Trinajstić information content (AvgIpc) is 3.03.